The Kier molecular flexibility index (Phi) is 4.06. The Bertz CT molecular complexity index is 638. The van der Waals surface area contributed by atoms with Crippen molar-refractivity contribution in [3.8, 4) is 0 Å². The van der Waals surface area contributed by atoms with E-state index in [0.717, 1.165) is 23.5 Å². The molecule has 3 N–H and O–H groups in total. The summed E-state index contributed by atoms with van der Waals surface area (Å²) in [6, 6.07) is 6.88. The highest BCUT2D eigenvalue weighted by Gasteiger charge is 2.31. The molecular weight excluding hydrogens is 279 g/mol. The van der Waals surface area contributed by atoms with E-state index >= 15 is 0 Å². The number of rotatable bonds is 3. The van der Waals surface area contributed by atoms with Gasteiger partial charge in [0.2, 0.25) is 0 Å². The molecular formula is C15H16F3N3. The zero-order valence-corrected chi connectivity index (χ0v) is 11.7. The van der Waals surface area contributed by atoms with Crippen LogP contribution >= 0.6 is 0 Å². The monoisotopic (exact) mass is 295 g/mol. The smallest absolute Gasteiger partial charge is 0.399 e. The van der Waals surface area contributed by atoms with Gasteiger partial charge < -0.3 is 11.1 Å². The first-order valence-corrected chi connectivity index (χ1v) is 6.42. The molecule has 2 aromatic rings. The summed E-state index contributed by atoms with van der Waals surface area (Å²) in [5.41, 5.74) is 7.04. The lowest BCUT2D eigenvalue weighted by Crippen LogP contribution is -2.11. The highest BCUT2D eigenvalue weighted by Crippen LogP contribution is 2.33. The molecule has 1 atom stereocenters. The van der Waals surface area contributed by atoms with Crippen molar-refractivity contribution >= 4 is 11.4 Å². The van der Waals surface area contributed by atoms with Crippen LogP contribution in [0.4, 0.5) is 24.5 Å². The van der Waals surface area contributed by atoms with Gasteiger partial charge in [-0.2, -0.15) is 13.2 Å². The van der Waals surface area contributed by atoms with E-state index in [1.165, 1.54) is 0 Å². The zero-order valence-electron chi connectivity index (χ0n) is 11.7. The number of aromatic nitrogens is 1. The summed E-state index contributed by atoms with van der Waals surface area (Å²) in [4.78, 5) is 4.07. The van der Waals surface area contributed by atoms with E-state index in [2.05, 4.69) is 10.3 Å². The summed E-state index contributed by atoms with van der Waals surface area (Å²) >= 11 is 0. The number of halogens is 3. The van der Waals surface area contributed by atoms with Crippen molar-refractivity contribution in [1.82, 2.24) is 4.98 Å². The Hall–Kier alpha value is -2.24. The first-order chi connectivity index (χ1) is 9.75. The quantitative estimate of drug-likeness (QED) is 0.836. The lowest BCUT2D eigenvalue weighted by atomic mass is 10.0. The van der Waals surface area contributed by atoms with Crippen molar-refractivity contribution in [3.63, 3.8) is 0 Å². The third kappa shape index (κ3) is 3.87. The van der Waals surface area contributed by atoms with Crippen LogP contribution in [0.1, 0.15) is 29.8 Å². The molecule has 0 aliphatic rings. The fourth-order valence-corrected chi connectivity index (χ4v) is 2.06. The summed E-state index contributed by atoms with van der Waals surface area (Å²) in [5, 5.41) is 3.14. The molecule has 0 bridgehead atoms. The average Bonchev–Trinajstić information content (AvgIpc) is 2.37. The Morgan fingerprint density at radius 3 is 2.52 bits per heavy atom. The van der Waals surface area contributed by atoms with E-state index in [9.17, 15) is 13.2 Å². The maximum Gasteiger partial charge on any atom is 0.416 e. The SMILES string of the molecule is Cc1cc(NC(C)c2cc(N)cc(C(F)(F)F)c2)ccn1. The number of benzene rings is 1. The van der Waals surface area contributed by atoms with Gasteiger partial charge in [0.25, 0.3) is 0 Å². The molecule has 1 heterocycles. The summed E-state index contributed by atoms with van der Waals surface area (Å²) in [6.45, 7) is 3.63. The van der Waals surface area contributed by atoms with Crippen LogP contribution in [0.15, 0.2) is 36.5 Å². The van der Waals surface area contributed by atoms with Crippen molar-refractivity contribution in [2.24, 2.45) is 0 Å². The maximum absolute atomic E-state index is 12.8. The van der Waals surface area contributed by atoms with Crippen LogP contribution in [0.5, 0.6) is 0 Å². The molecule has 1 aromatic carbocycles. The van der Waals surface area contributed by atoms with Gasteiger partial charge in [-0.05, 0) is 49.7 Å². The highest BCUT2D eigenvalue weighted by atomic mass is 19.4. The first kappa shape index (κ1) is 15.2. The standard InChI is InChI=1S/C15H16F3N3/c1-9-5-14(3-4-20-9)21-10(2)11-6-12(15(16,17)18)8-13(19)7-11/h3-8,10H,19H2,1-2H3,(H,20,21). The molecule has 0 aliphatic heterocycles. The van der Waals surface area contributed by atoms with Crippen molar-refractivity contribution < 1.29 is 13.2 Å². The zero-order chi connectivity index (χ0) is 15.6. The molecule has 3 nitrogen and oxygen atoms in total. The number of nitrogens with zero attached hydrogens (tertiary/aromatic N) is 1. The van der Waals surface area contributed by atoms with E-state index in [4.69, 9.17) is 5.73 Å². The van der Waals surface area contributed by atoms with Crippen LogP contribution in [-0.4, -0.2) is 4.98 Å². The van der Waals surface area contributed by atoms with E-state index in [-0.39, 0.29) is 11.7 Å². The van der Waals surface area contributed by atoms with Crippen molar-refractivity contribution in [1.29, 1.82) is 0 Å². The van der Waals surface area contributed by atoms with E-state index in [1.807, 2.05) is 13.0 Å². The number of anilines is 2. The molecule has 6 heteroatoms. The highest BCUT2D eigenvalue weighted by molar-refractivity contribution is 5.50. The number of alkyl halides is 3. The van der Waals surface area contributed by atoms with Gasteiger partial charge in [0, 0.05) is 29.3 Å². The summed E-state index contributed by atoms with van der Waals surface area (Å²) < 4.78 is 38.4. The molecule has 1 unspecified atom stereocenters. The van der Waals surface area contributed by atoms with Crippen LogP contribution in [0, 0.1) is 6.92 Å². The van der Waals surface area contributed by atoms with Gasteiger partial charge in [-0.1, -0.05) is 0 Å². The number of nitrogens with two attached hydrogens (primary N) is 1. The van der Waals surface area contributed by atoms with Gasteiger partial charge in [-0.3, -0.25) is 4.98 Å². The number of aryl methyl sites for hydroxylation is 1. The van der Waals surface area contributed by atoms with Gasteiger partial charge in [0.1, 0.15) is 0 Å². The van der Waals surface area contributed by atoms with Crippen LogP contribution < -0.4 is 11.1 Å². The molecule has 112 valence electrons. The fourth-order valence-electron chi connectivity index (χ4n) is 2.06. The first-order valence-electron chi connectivity index (χ1n) is 6.42. The molecule has 0 fully saturated rings. The molecule has 1 aromatic heterocycles. The van der Waals surface area contributed by atoms with Gasteiger partial charge in [-0.15, -0.1) is 0 Å². The number of nitrogens with one attached hydrogen (secondary N) is 1. The van der Waals surface area contributed by atoms with Crippen molar-refractivity contribution in [2.45, 2.75) is 26.1 Å². The predicted octanol–water partition coefficient (Wildman–Crippen LogP) is 4.16. The normalized spacial score (nSPS) is 13.0. The number of hydrogen-bond acceptors (Lipinski definition) is 3. The van der Waals surface area contributed by atoms with Gasteiger partial charge in [0.15, 0.2) is 0 Å². The van der Waals surface area contributed by atoms with Gasteiger partial charge in [-0.25, -0.2) is 0 Å². The van der Waals surface area contributed by atoms with E-state index in [0.29, 0.717) is 5.56 Å². The number of nitrogen functional groups attached to an aromatic ring is 1. The van der Waals surface area contributed by atoms with E-state index < -0.39 is 11.7 Å². The largest absolute Gasteiger partial charge is 0.416 e. The molecule has 0 aliphatic carbocycles. The molecule has 0 radical (unpaired) electrons. The molecule has 0 spiro atoms. The van der Waals surface area contributed by atoms with Crippen molar-refractivity contribution in [3.05, 3.63) is 53.3 Å². The topological polar surface area (TPSA) is 50.9 Å². The third-order valence-corrected chi connectivity index (χ3v) is 3.08. The minimum absolute atomic E-state index is 0.0967. The summed E-state index contributed by atoms with van der Waals surface area (Å²) in [7, 11) is 0. The predicted molar refractivity (Wildman–Crippen MR) is 76.9 cm³/mol. The molecule has 2 rings (SSSR count). The molecule has 21 heavy (non-hydrogen) atoms. The number of pyridine rings is 1. The van der Waals surface area contributed by atoms with Gasteiger partial charge >= 0.3 is 6.18 Å². The average molecular weight is 295 g/mol. The number of hydrogen-bond donors (Lipinski definition) is 2. The second kappa shape index (κ2) is 5.63. The minimum Gasteiger partial charge on any atom is -0.399 e. The lowest BCUT2D eigenvalue weighted by Gasteiger charge is -2.18. The molecule has 0 amide bonds. The Morgan fingerprint density at radius 2 is 1.90 bits per heavy atom. The Morgan fingerprint density at radius 1 is 1.19 bits per heavy atom. The second-order valence-corrected chi connectivity index (χ2v) is 4.94. The summed E-state index contributed by atoms with van der Waals surface area (Å²) in [6.07, 6.45) is -2.76. The third-order valence-electron chi connectivity index (χ3n) is 3.08. The fraction of sp³-hybridized carbons (Fsp3) is 0.267. The van der Waals surface area contributed by atoms with Crippen LogP contribution in [0.3, 0.4) is 0 Å². The Labute approximate surface area is 121 Å². The minimum atomic E-state index is -4.41. The van der Waals surface area contributed by atoms with Crippen molar-refractivity contribution in [2.75, 3.05) is 11.1 Å². The van der Waals surface area contributed by atoms with Crippen LogP contribution in [0.2, 0.25) is 0 Å². The van der Waals surface area contributed by atoms with E-state index in [1.54, 1.807) is 25.3 Å². The lowest BCUT2D eigenvalue weighted by molar-refractivity contribution is -0.137. The maximum atomic E-state index is 12.8. The molecule has 0 saturated carbocycles. The molecule has 0 saturated heterocycles. The summed E-state index contributed by atoms with van der Waals surface area (Å²) in [5.74, 6) is 0. The Balaban J connectivity index is 2.27. The van der Waals surface area contributed by atoms with Crippen LogP contribution in [-0.2, 0) is 6.18 Å². The van der Waals surface area contributed by atoms with Gasteiger partial charge in [0.05, 0.1) is 5.56 Å². The second-order valence-electron chi connectivity index (χ2n) is 4.94. The van der Waals surface area contributed by atoms with Crippen LogP contribution in [0.25, 0.3) is 0 Å².